The standard InChI is InChI=1S/C27H26F2N2O2/c1-15(25-14-22-24(31-25)10-8-20(26(22)29)27(32)33-2)16-3-5-17(6-4-16)19-11-12-30-23-9-7-18(28)13-21(19)23/h7-13,15-17H,3-6,14H2,1-2H3/t15-,16?,17?/m1/s1. The lowest BCUT2D eigenvalue weighted by Crippen LogP contribution is -2.25. The van der Waals surface area contributed by atoms with Gasteiger partial charge in [0.25, 0.3) is 0 Å². The fourth-order valence-electron chi connectivity index (χ4n) is 5.49. The third kappa shape index (κ3) is 3.92. The van der Waals surface area contributed by atoms with Crippen LogP contribution in [0.3, 0.4) is 0 Å². The molecule has 1 saturated carbocycles. The van der Waals surface area contributed by atoms with E-state index in [0.717, 1.165) is 42.3 Å². The van der Waals surface area contributed by atoms with Crippen molar-refractivity contribution < 1.29 is 18.3 Å². The Balaban J connectivity index is 1.29. The van der Waals surface area contributed by atoms with Crippen LogP contribution in [0.2, 0.25) is 0 Å². The Kier molecular flexibility index (Phi) is 5.69. The van der Waals surface area contributed by atoms with E-state index in [1.807, 2.05) is 12.3 Å². The molecule has 170 valence electrons. The first-order valence-corrected chi connectivity index (χ1v) is 11.5. The molecule has 0 radical (unpaired) electrons. The van der Waals surface area contributed by atoms with Gasteiger partial charge in [0.1, 0.15) is 11.6 Å². The lowest BCUT2D eigenvalue weighted by molar-refractivity contribution is 0.0595. The van der Waals surface area contributed by atoms with E-state index < -0.39 is 11.8 Å². The molecule has 5 rings (SSSR count). The molecule has 2 aliphatic rings. The van der Waals surface area contributed by atoms with Crippen molar-refractivity contribution in [3.8, 4) is 0 Å². The normalized spacial score (nSPS) is 20.9. The van der Waals surface area contributed by atoms with Gasteiger partial charge in [-0.3, -0.25) is 9.98 Å². The van der Waals surface area contributed by atoms with Gasteiger partial charge < -0.3 is 4.74 Å². The topological polar surface area (TPSA) is 51.5 Å². The summed E-state index contributed by atoms with van der Waals surface area (Å²) in [6, 6.07) is 9.96. The average Bonchev–Trinajstić information content (AvgIpc) is 3.28. The summed E-state index contributed by atoms with van der Waals surface area (Å²) >= 11 is 0. The van der Waals surface area contributed by atoms with E-state index in [-0.39, 0.29) is 17.3 Å². The molecule has 4 nitrogen and oxygen atoms in total. The number of aliphatic imine (C=N–C) groups is 1. The Bertz CT molecular complexity index is 1260. The first-order valence-electron chi connectivity index (χ1n) is 11.5. The van der Waals surface area contributed by atoms with Crippen LogP contribution in [0.15, 0.2) is 47.6 Å². The summed E-state index contributed by atoms with van der Waals surface area (Å²) in [5.74, 6) is -0.360. The zero-order chi connectivity index (χ0) is 23.1. The number of ether oxygens (including phenoxy) is 1. The molecule has 1 aromatic heterocycles. The largest absolute Gasteiger partial charge is 0.465 e. The van der Waals surface area contributed by atoms with Gasteiger partial charge in [0, 0.05) is 29.3 Å². The molecule has 6 heteroatoms. The number of fused-ring (bicyclic) bond motifs is 2. The summed E-state index contributed by atoms with van der Waals surface area (Å²) in [6.07, 6.45) is 6.36. The summed E-state index contributed by atoms with van der Waals surface area (Å²) in [5.41, 5.74) is 4.04. The minimum absolute atomic E-state index is 0.0399. The van der Waals surface area contributed by atoms with Crippen LogP contribution in [-0.2, 0) is 11.2 Å². The number of carbonyl (C=O) groups is 1. The highest BCUT2D eigenvalue weighted by molar-refractivity contribution is 5.98. The number of carbonyl (C=O) groups excluding carboxylic acids is 1. The summed E-state index contributed by atoms with van der Waals surface area (Å²) in [5, 5.41) is 0.904. The number of hydrogen-bond acceptors (Lipinski definition) is 4. The molecule has 1 fully saturated rings. The van der Waals surface area contributed by atoms with Crippen LogP contribution >= 0.6 is 0 Å². The molecule has 2 aromatic carbocycles. The van der Waals surface area contributed by atoms with Crippen molar-refractivity contribution in [2.24, 2.45) is 16.8 Å². The van der Waals surface area contributed by atoms with E-state index in [0.29, 0.717) is 29.5 Å². The Labute approximate surface area is 191 Å². The molecule has 1 atom stereocenters. The predicted molar refractivity (Wildman–Crippen MR) is 124 cm³/mol. The van der Waals surface area contributed by atoms with Gasteiger partial charge >= 0.3 is 5.97 Å². The summed E-state index contributed by atoms with van der Waals surface area (Å²) in [4.78, 5) is 20.9. The van der Waals surface area contributed by atoms with Crippen LogP contribution < -0.4 is 0 Å². The monoisotopic (exact) mass is 448 g/mol. The number of benzene rings is 2. The highest BCUT2D eigenvalue weighted by atomic mass is 19.1. The maximum absolute atomic E-state index is 14.9. The SMILES string of the molecule is COC(=O)c1ccc2c(c1F)CC([C@H](C)C1CCC(c3ccnc4ccc(F)cc34)CC1)=N2. The van der Waals surface area contributed by atoms with Gasteiger partial charge in [-0.2, -0.15) is 0 Å². The zero-order valence-corrected chi connectivity index (χ0v) is 18.8. The molecule has 33 heavy (non-hydrogen) atoms. The lowest BCUT2D eigenvalue weighted by atomic mass is 9.72. The fourth-order valence-corrected chi connectivity index (χ4v) is 5.49. The van der Waals surface area contributed by atoms with E-state index in [1.54, 1.807) is 18.2 Å². The molecule has 0 bridgehead atoms. The predicted octanol–water partition coefficient (Wildman–Crippen LogP) is 6.54. The molecule has 3 aromatic rings. The number of methoxy groups -OCH3 is 1. The third-order valence-corrected chi connectivity index (χ3v) is 7.43. The van der Waals surface area contributed by atoms with E-state index in [2.05, 4.69) is 16.6 Å². The Morgan fingerprint density at radius 2 is 1.88 bits per heavy atom. The number of esters is 1. The molecule has 0 N–H and O–H groups in total. The van der Waals surface area contributed by atoms with Crippen molar-refractivity contribution in [3.63, 3.8) is 0 Å². The summed E-state index contributed by atoms with van der Waals surface area (Å²) in [7, 11) is 1.25. The second kappa shape index (κ2) is 8.65. The van der Waals surface area contributed by atoms with Gasteiger partial charge in [0.2, 0.25) is 0 Å². The van der Waals surface area contributed by atoms with Crippen LogP contribution in [0, 0.1) is 23.5 Å². The molecular formula is C27H26F2N2O2. The molecule has 0 unspecified atom stereocenters. The molecular weight excluding hydrogens is 422 g/mol. The van der Waals surface area contributed by atoms with E-state index in [1.165, 1.54) is 24.8 Å². The minimum Gasteiger partial charge on any atom is -0.465 e. The van der Waals surface area contributed by atoms with Gasteiger partial charge in [0.15, 0.2) is 0 Å². The zero-order valence-electron chi connectivity index (χ0n) is 18.8. The van der Waals surface area contributed by atoms with Crippen LogP contribution in [0.25, 0.3) is 10.9 Å². The molecule has 0 amide bonds. The number of nitrogens with zero attached hydrogens (tertiary/aromatic N) is 2. The second-order valence-corrected chi connectivity index (χ2v) is 9.16. The Hall–Kier alpha value is -3.15. The second-order valence-electron chi connectivity index (χ2n) is 9.16. The summed E-state index contributed by atoms with van der Waals surface area (Å²) < 4.78 is 33.4. The van der Waals surface area contributed by atoms with Crippen molar-refractivity contribution in [2.45, 2.75) is 44.9 Å². The number of rotatable bonds is 4. The van der Waals surface area contributed by atoms with E-state index >= 15 is 0 Å². The Morgan fingerprint density at radius 1 is 1.09 bits per heavy atom. The van der Waals surface area contributed by atoms with Gasteiger partial charge in [-0.15, -0.1) is 0 Å². The van der Waals surface area contributed by atoms with Gasteiger partial charge in [-0.25, -0.2) is 13.6 Å². The number of pyridine rings is 1. The quantitative estimate of drug-likeness (QED) is 0.426. The van der Waals surface area contributed by atoms with E-state index in [9.17, 15) is 13.6 Å². The van der Waals surface area contributed by atoms with Crippen molar-refractivity contribution >= 4 is 28.3 Å². The first-order chi connectivity index (χ1) is 16.0. The first kappa shape index (κ1) is 21.7. The maximum atomic E-state index is 14.9. The molecule has 1 aliphatic carbocycles. The van der Waals surface area contributed by atoms with Crippen LogP contribution in [-0.4, -0.2) is 23.8 Å². The fraction of sp³-hybridized carbons (Fsp3) is 0.370. The lowest BCUT2D eigenvalue weighted by Gasteiger charge is -2.33. The van der Waals surface area contributed by atoms with Crippen LogP contribution in [0.4, 0.5) is 14.5 Å². The Morgan fingerprint density at radius 3 is 2.64 bits per heavy atom. The van der Waals surface area contributed by atoms with Crippen LogP contribution in [0.5, 0.6) is 0 Å². The molecule has 1 aliphatic heterocycles. The third-order valence-electron chi connectivity index (χ3n) is 7.43. The van der Waals surface area contributed by atoms with Gasteiger partial charge in [-0.1, -0.05) is 6.92 Å². The van der Waals surface area contributed by atoms with Crippen LogP contribution in [0.1, 0.15) is 60.0 Å². The van der Waals surface area contributed by atoms with E-state index in [4.69, 9.17) is 4.99 Å². The van der Waals surface area contributed by atoms with Crippen molar-refractivity contribution in [1.82, 2.24) is 4.98 Å². The maximum Gasteiger partial charge on any atom is 0.340 e. The average molecular weight is 449 g/mol. The highest BCUT2D eigenvalue weighted by Gasteiger charge is 2.32. The van der Waals surface area contributed by atoms with Gasteiger partial charge in [-0.05, 0) is 85.4 Å². The van der Waals surface area contributed by atoms with Crippen molar-refractivity contribution in [1.29, 1.82) is 0 Å². The van der Waals surface area contributed by atoms with Crippen molar-refractivity contribution in [2.75, 3.05) is 7.11 Å². The molecule has 2 heterocycles. The van der Waals surface area contributed by atoms with Gasteiger partial charge in [0.05, 0.1) is 23.9 Å². The highest BCUT2D eigenvalue weighted by Crippen LogP contribution is 2.43. The molecule has 0 spiro atoms. The summed E-state index contributed by atoms with van der Waals surface area (Å²) in [6.45, 7) is 2.17. The smallest absolute Gasteiger partial charge is 0.340 e. The molecule has 0 saturated heterocycles. The number of halogens is 2. The van der Waals surface area contributed by atoms with Crippen molar-refractivity contribution in [3.05, 3.63) is 70.9 Å². The minimum atomic E-state index is -0.668. The number of hydrogen-bond donors (Lipinski definition) is 0. The number of aromatic nitrogens is 1.